The van der Waals surface area contributed by atoms with Crippen LogP contribution in [-0.2, 0) is 9.59 Å². The van der Waals surface area contributed by atoms with E-state index in [2.05, 4.69) is 12.2 Å². The molecule has 0 aliphatic carbocycles. The SMILES string of the molecule is CCCCOc1ccc(C=C2C(=O)NC(=O)N(c3ccc(O)cc3)C2=O)cc1OC. The van der Waals surface area contributed by atoms with Gasteiger partial charge in [0, 0.05) is 0 Å². The Morgan fingerprint density at radius 3 is 2.47 bits per heavy atom. The van der Waals surface area contributed by atoms with Crippen LogP contribution in [-0.4, -0.2) is 36.7 Å². The molecular formula is C22H22N2O6. The van der Waals surface area contributed by atoms with Gasteiger partial charge in [-0.05, 0) is 54.5 Å². The molecule has 4 amide bonds. The lowest BCUT2D eigenvalue weighted by atomic mass is 10.1. The predicted molar refractivity (Wildman–Crippen MR) is 111 cm³/mol. The Morgan fingerprint density at radius 1 is 1.07 bits per heavy atom. The zero-order chi connectivity index (χ0) is 21.7. The second-order valence-electron chi connectivity index (χ2n) is 6.59. The standard InChI is InChI=1S/C22H22N2O6/c1-3-4-11-30-18-10-5-14(13-19(18)29-2)12-17-20(26)23-22(28)24(21(17)27)15-6-8-16(25)9-7-15/h5-10,12-13,25H,3-4,11H2,1-2H3,(H,23,26,28). The number of imide groups is 2. The number of barbiturate groups is 1. The second-order valence-corrected chi connectivity index (χ2v) is 6.59. The summed E-state index contributed by atoms with van der Waals surface area (Å²) in [7, 11) is 1.50. The topological polar surface area (TPSA) is 105 Å². The number of unbranched alkanes of at least 4 members (excludes halogenated alkanes) is 1. The fraction of sp³-hybridized carbons (Fsp3) is 0.227. The van der Waals surface area contributed by atoms with Crippen LogP contribution < -0.4 is 19.7 Å². The first kappa shape index (κ1) is 20.9. The summed E-state index contributed by atoms with van der Waals surface area (Å²) in [5.41, 5.74) is 0.559. The number of aromatic hydroxyl groups is 1. The van der Waals surface area contributed by atoms with Crippen LogP contribution in [0, 0.1) is 0 Å². The molecule has 1 saturated heterocycles. The van der Waals surface area contributed by atoms with E-state index in [1.165, 1.54) is 37.5 Å². The van der Waals surface area contributed by atoms with Crippen molar-refractivity contribution in [3.63, 3.8) is 0 Å². The zero-order valence-corrected chi connectivity index (χ0v) is 16.7. The zero-order valence-electron chi connectivity index (χ0n) is 16.7. The number of hydrogen-bond acceptors (Lipinski definition) is 6. The van der Waals surface area contributed by atoms with Gasteiger partial charge in [0.15, 0.2) is 11.5 Å². The first-order valence-electron chi connectivity index (χ1n) is 9.46. The van der Waals surface area contributed by atoms with Crippen molar-refractivity contribution in [1.82, 2.24) is 5.32 Å². The molecule has 2 aromatic rings. The van der Waals surface area contributed by atoms with Crippen LogP contribution in [0.1, 0.15) is 25.3 Å². The highest BCUT2D eigenvalue weighted by Crippen LogP contribution is 2.30. The maximum Gasteiger partial charge on any atom is 0.335 e. The quantitative estimate of drug-likeness (QED) is 0.412. The fourth-order valence-electron chi connectivity index (χ4n) is 2.88. The van der Waals surface area contributed by atoms with E-state index in [0.717, 1.165) is 17.7 Å². The molecular weight excluding hydrogens is 388 g/mol. The minimum absolute atomic E-state index is 0.0104. The molecule has 0 atom stereocenters. The van der Waals surface area contributed by atoms with E-state index in [0.29, 0.717) is 23.7 Å². The van der Waals surface area contributed by atoms with Crippen molar-refractivity contribution in [2.45, 2.75) is 19.8 Å². The number of amides is 4. The minimum Gasteiger partial charge on any atom is -0.508 e. The van der Waals surface area contributed by atoms with E-state index in [1.807, 2.05) is 0 Å². The third-order valence-electron chi connectivity index (χ3n) is 4.46. The normalized spacial score (nSPS) is 15.3. The number of nitrogens with one attached hydrogen (secondary N) is 1. The van der Waals surface area contributed by atoms with Crippen molar-refractivity contribution in [1.29, 1.82) is 0 Å². The highest BCUT2D eigenvalue weighted by molar-refractivity contribution is 6.39. The number of anilines is 1. The number of hydrogen-bond donors (Lipinski definition) is 2. The first-order chi connectivity index (χ1) is 14.4. The molecule has 0 saturated carbocycles. The highest BCUT2D eigenvalue weighted by Gasteiger charge is 2.36. The lowest BCUT2D eigenvalue weighted by Gasteiger charge is -2.26. The van der Waals surface area contributed by atoms with Crippen molar-refractivity contribution in [3.05, 3.63) is 53.6 Å². The molecule has 156 valence electrons. The lowest BCUT2D eigenvalue weighted by molar-refractivity contribution is -0.122. The number of carbonyl (C=O) groups is 3. The summed E-state index contributed by atoms with van der Waals surface area (Å²) in [4.78, 5) is 38.2. The van der Waals surface area contributed by atoms with Gasteiger partial charge in [-0.15, -0.1) is 0 Å². The predicted octanol–water partition coefficient (Wildman–Crippen LogP) is 3.25. The summed E-state index contributed by atoms with van der Waals surface area (Å²) in [6, 6.07) is 9.70. The molecule has 1 heterocycles. The number of urea groups is 1. The summed E-state index contributed by atoms with van der Waals surface area (Å²) in [6.45, 7) is 2.62. The minimum atomic E-state index is -0.856. The number of benzene rings is 2. The number of methoxy groups -OCH3 is 1. The Kier molecular flexibility index (Phi) is 6.36. The van der Waals surface area contributed by atoms with Crippen LogP contribution in [0.3, 0.4) is 0 Å². The molecule has 2 aromatic carbocycles. The molecule has 0 spiro atoms. The van der Waals surface area contributed by atoms with E-state index < -0.39 is 17.8 Å². The summed E-state index contributed by atoms with van der Waals surface area (Å²) < 4.78 is 11.0. The largest absolute Gasteiger partial charge is 0.508 e. The van der Waals surface area contributed by atoms with Gasteiger partial charge in [0.25, 0.3) is 11.8 Å². The third-order valence-corrected chi connectivity index (χ3v) is 4.46. The molecule has 8 nitrogen and oxygen atoms in total. The molecule has 3 rings (SSSR count). The Hall–Kier alpha value is -3.81. The Labute approximate surface area is 173 Å². The molecule has 1 aliphatic rings. The van der Waals surface area contributed by atoms with Crippen LogP contribution in [0.2, 0.25) is 0 Å². The summed E-state index contributed by atoms with van der Waals surface area (Å²) in [6.07, 6.45) is 3.29. The first-order valence-corrected chi connectivity index (χ1v) is 9.46. The number of rotatable bonds is 7. The highest BCUT2D eigenvalue weighted by atomic mass is 16.5. The van der Waals surface area contributed by atoms with Gasteiger partial charge in [-0.25, -0.2) is 9.69 Å². The Balaban J connectivity index is 1.91. The van der Waals surface area contributed by atoms with E-state index in [4.69, 9.17) is 9.47 Å². The van der Waals surface area contributed by atoms with E-state index in [-0.39, 0.29) is 17.0 Å². The molecule has 0 aromatic heterocycles. The number of carbonyl (C=O) groups excluding carboxylic acids is 3. The van der Waals surface area contributed by atoms with Crippen LogP contribution in [0.15, 0.2) is 48.0 Å². The molecule has 8 heteroatoms. The van der Waals surface area contributed by atoms with Gasteiger partial charge >= 0.3 is 6.03 Å². The van der Waals surface area contributed by atoms with Crippen molar-refractivity contribution < 1.29 is 29.0 Å². The van der Waals surface area contributed by atoms with Crippen molar-refractivity contribution in [2.75, 3.05) is 18.6 Å². The number of phenolic OH excluding ortho intramolecular Hbond substituents is 1. The van der Waals surface area contributed by atoms with Gasteiger partial charge in [0.05, 0.1) is 19.4 Å². The average Bonchev–Trinajstić information content (AvgIpc) is 2.73. The summed E-state index contributed by atoms with van der Waals surface area (Å²) in [5.74, 6) is -0.535. The van der Waals surface area contributed by atoms with Gasteiger partial charge in [-0.1, -0.05) is 19.4 Å². The molecule has 0 radical (unpaired) electrons. The maximum absolute atomic E-state index is 12.9. The van der Waals surface area contributed by atoms with E-state index in [1.54, 1.807) is 18.2 Å². The number of ether oxygens (including phenoxy) is 2. The van der Waals surface area contributed by atoms with Crippen LogP contribution in [0.25, 0.3) is 6.08 Å². The number of nitrogens with zero attached hydrogens (tertiary/aromatic N) is 1. The monoisotopic (exact) mass is 410 g/mol. The molecule has 30 heavy (non-hydrogen) atoms. The van der Waals surface area contributed by atoms with Crippen molar-refractivity contribution in [3.8, 4) is 17.2 Å². The number of phenols is 1. The summed E-state index contributed by atoms with van der Waals surface area (Å²) >= 11 is 0. The van der Waals surface area contributed by atoms with Gasteiger partial charge in [0.1, 0.15) is 11.3 Å². The average molecular weight is 410 g/mol. The van der Waals surface area contributed by atoms with Gasteiger partial charge in [-0.3, -0.25) is 14.9 Å². The summed E-state index contributed by atoms with van der Waals surface area (Å²) in [5, 5.41) is 11.6. The maximum atomic E-state index is 12.9. The van der Waals surface area contributed by atoms with E-state index >= 15 is 0 Å². The third kappa shape index (κ3) is 4.43. The lowest BCUT2D eigenvalue weighted by Crippen LogP contribution is -2.54. The van der Waals surface area contributed by atoms with Crippen molar-refractivity contribution >= 4 is 29.6 Å². The fourth-order valence-corrected chi connectivity index (χ4v) is 2.88. The van der Waals surface area contributed by atoms with Crippen LogP contribution in [0.4, 0.5) is 10.5 Å². The molecule has 1 fully saturated rings. The molecule has 1 aliphatic heterocycles. The van der Waals surface area contributed by atoms with Crippen LogP contribution >= 0.6 is 0 Å². The Morgan fingerprint density at radius 2 is 1.80 bits per heavy atom. The van der Waals surface area contributed by atoms with E-state index in [9.17, 15) is 19.5 Å². The van der Waals surface area contributed by atoms with Crippen molar-refractivity contribution in [2.24, 2.45) is 0 Å². The second kappa shape index (κ2) is 9.13. The molecule has 0 unspecified atom stereocenters. The Bertz CT molecular complexity index is 997. The van der Waals surface area contributed by atoms with Crippen LogP contribution in [0.5, 0.6) is 17.2 Å². The van der Waals surface area contributed by atoms with Gasteiger partial charge in [0.2, 0.25) is 0 Å². The smallest absolute Gasteiger partial charge is 0.335 e. The molecule has 2 N–H and O–H groups in total. The van der Waals surface area contributed by atoms with Gasteiger partial charge in [-0.2, -0.15) is 0 Å². The van der Waals surface area contributed by atoms with Gasteiger partial charge < -0.3 is 14.6 Å². The molecule has 0 bridgehead atoms.